The summed E-state index contributed by atoms with van der Waals surface area (Å²) in [5, 5.41) is 0.553. The summed E-state index contributed by atoms with van der Waals surface area (Å²) in [5.41, 5.74) is 7.16. The van der Waals surface area contributed by atoms with E-state index in [9.17, 15) is 4.79 Å². The normalized spacial score (nSPS) is 10.8. The fourth-order valence-electron chi connectivity index (χ4n) is 2.62. The molecule has 0 bridgehead atoms. The van der Waals surface area contributed by atoms with Crippen molar-refractivity contribution in [3.05, 3.63) is 66.6 Å². The van der Waals surface area contributed by atoms with Crippen molar-refractivity contribution in [2.24, 2.45) is 0 Å². The molecule has 0 saturated carbocycles. The van der Waals surface area contributed by atoms with Gasteiger partial charge in [0.25, 0.3) is 0 Å². The molecule has 0 saturated heterocycles. The fraction of sp³-hybridized carbons (Fsp3) is 0.278. The summed E-state index contributed by atoms with van der Waals surface area (Å²) in [5.74, 6) is 0.0330. The molecule has 2 aromatic carbocycles. The first-order chi connectivity index (χ1) is 9.75. The maximum absolute atomic E-state index is 12.9. The molecule has 0 aliphatic rings. The summed E-state index contributed by atoms with van der Waals surface area (Å²) in [6.07, 6.45) is 0. The van der Waals surface area contributed by atoms with Gasteiger partial charge in [-0.15, -0.1) is 0 Å². The van der Waals surface area contributed by atoms with Crippen LogP contribution >= 0.6 is 27.5 Å². The van der Waals surface area contributed by atoms with E-state index in [0.717, 1.165) is 21.2 Å². The molecule has 0 amide bonds. The third-order valence-corrected chi connectivity index (χ3v) is 5.64. The fourth-order valence-corrected chi connectivity index (χ4v) is 3.05. The van der Waals surface area contributed by atoms with Crippen molar-refractivity contribution in [2.45, 2.75) is 34.6 Å². The zero-order valence-electron chi connectivity index (χ0n) is 12.9. The highest BCUT2D eigenvalue weighted by Gasteiger charge is 2.19. The van der Waals surface area contributed by atoms with Crippen molar-refractivity contribution in [1.29, 1.82) is 0 Å². The van der Waals surface area contributed by atoms with Crippen molar-refractivity contribution >= 4 is 33.3 Å². The lowest BCUT2D eigenvalue weighted by Crippen LogP contribution is -2.10. The van der Waals surface area contributed by atoms with Crippen LogP contribution in [-0.2, 0) is 0 Å². The van der Waals surface area contributed by atoms with E-state index in [1.54, 1.807) is 6.07 Å². The molecule has 0 aliphatic heterocycles. The van der Waals surface area contributed by atoms with Crippen molar-refractivity contribution in [2.75, 3.05) is 0 Å². The number of carbonyl (C=O) groups excluding carboxylic acids is 1. The Bertz CT molecular complexity index is 718. The lowest BCUT2D eigenvalue weighted by atomic mass is 9.86. The first-order valence-electron chi connectivity index (χ1n) is 6.82. The van der Waals surface area contributed by atoms with Gasteiger partial charge < -0.3 is 0 Å². The molecule has 0 fully saturated rings. The highest BCUT2D eigenvalue weighted by Crippen LogP contribution is 2.30. The van der Waals surface area contributed by atoms with E-state index in [-0.39, 0.29) is 5.78 Å². The molecular weight excluding hydrogens is 348 g/mol. The van der Waals surface area contributed by atoms with Gasteiger partial charge in [0, 0.05) is 15.6 Å². The number of benzene rings is 2. The molecule has 0 aliphatic carbocycles. The van der Waals surface area contributed by atoms with Gasteiger partial charge in [0.05, 0.1) is 5.02 Å². The van der Waals surface area contributed by atoms with Gasteiger partial charge in [-0.3, -0.25) is 4.79 Å². The van der Waals surface area contributed by atoms with Crippen LogP contribution in [0.4, 0.5) is 0 Å². The van der Waals surface area contributed by atoms with E-state index in [4.69, 9.17) is 11.6 Å². The molecule has 2 aromatic rings. The van der Waals surface area contributed by atoms with Crippen LogP contribution in [0.5, 0.6) is 0 Å². The van der Waals surface area contributed by atoms with Gasteiger partial charge in [-0.2, -0.15) is 0 Å². The van der Waals surface area contributed by atoms with Crippen LogP contribution in [0.25, 0.3) is 0 Å². The van der Waals surface area contributed by atoms with Crippen molar-refractivity contribution < 1.29 is 4.79 Å². The largest absolute Gasteiger partial charge is 0.289 e. The smallest absolute Gasteiger partial charge is 0.193 e. The molecule has 0 heterocycles. The number of halogens is 2. The predicted octanol–water partition coefficient (Wildman–Crippen LogP) is 5.88. The molecule has 0 N–H and O–H groups in total. The number of hydrogen-bond acceptors (Lipinski definition) is 1. The van der Waals surface area contributed by atoms with Crippen LogP contribution in [-0.4, -0.2) is 5.78 Å². The molecule has 0 aromatic heterocycles. The van der Waals surface area contributed by atoms with E-state index < -0.39 is 0 Å². The van der Waals surface area contributed by atoms with Crippen molar-refractivity contribution in [1.82, 2.24) is 0 Å². The van der Waals surface area contributed by atoms with E-state index in [0.29, 0.717) is 10.6 Å². The average Bonchev–Trinajstić information content (AvgIpc) is 2.46. The lowest BCUT2D eigenvalue weighted by Gasteiger charge is -2.18. The molecule has 1 nitrogen and oxygen atoms in total. The van der Waals surface area contributed by atoms with Gasteiger partial charge in [0.15, 0.2) is 5.78 Å². The summed E-state index contributed by atoms with van der Waals surface area (Å²) in [6.45, 7) is 10.3. The minimum Gasteiger partial charge on any atom is -0.289 e. The van der Waals surface area contributed by atoms with Gasteiger partial charge in [0.2, 0.25) is 0 Å². The molecule has 21 heavy (non-hydrogen) atoms. The van der Waals surface area contributed by atoms with Gasteiger partial charge in [0.1, 0.15) is 0 Å². The molecule has 0 atom stereocenters. The van der Waals surface area contributed by atoms with E-state index in [1.807, 2.05) is 26.0 Å². The molecule has 0 unspecified atom stereocenters. The highest BCUT2D eigenvalue weighted by atomic mass is 79.9. The third-order valence-electron chi connectivity index (χ3n) is 4.41. The van der Waals surface area contributed by atoms with E-state index in [1.165, 1.54) is 16.7 Å². The second-order valence-electron chi connectivity index (χ2n) is 5.46. The monoisotopic (exact) mass is 364 g/mol. The summed E-state index contributed by atoms with van der Waals surface area (Å²) in [7, 11) is 0. The lowest BCUT2D eigenvalue weighted by molar-refractivity contribution is 0.103. The second kappa shape index (κ2) is 5.94. The number of hydrogen-bond donors (Lipinski definition) is 0. The molecule has 0 radical (unpaired) electrons. The molecule has 0 spiro atoms. The topological polar surface area (TPSA) is 17.1 Å². The first-order valence-corrected chi connectivity index (χ1v) is 7.99. The maximum Gasteiger partial charge on any atom is 0.193 e. The Balaban J connectivity index is 2.66. The maximum atomic E-state index is 12.9. The Morgan fingerprint density at radius 1 is 0.905 bits per heavy atom. The summed E-state index contributed by atoms with van der Waals surface area (Å²) in [4.78, 5) is 12.9. The Kier molecular flexibility index (Phi) is 4.60. The Morgan fingerprint density at radius 2 is 1.38 bits per heavy atom. The van der Waals surface area contributed by atoms with Crippen molar-refractivity contribution in [3.63, 3.8) is 0 Å². The third kappa shape index (κ3) is 2.79. The molecule has 3 heteroatoms. The minimum atomic E-state index is 0.0330. The second-order valence-corrected chi connectivity index (χ2v) is 6.72. The zero-order valence-corrected chi connectivity index (χ0v) is 15.2. The minimum absolute atomic E-state index is 0.0330. The Hall–Kier alpha value is -1.12. The van der Waals surface area contributed by atoms with Crippen LogP contribution in [0.1, 0.15) is 43.7 Å². The number of rotatable bonds is 2. The van der Waals surface area contributed by atoms with Crippen molar-refractivity contribution in [3.8, 4) is 0 Å². The van der Waals surface area contributed by atoms with Crippen LogP contribution < -0.4 is 0 Å². The summed E-state index contributed by atoms with van der Waals surface area (Å²) < 4.78 is 0.797. The first kappa shape index (κ1) is 16.3. The average molecular weight is 366 g/mol. The quantitative estimate of drug-likeness (QED) is 0.608. The van der Waals surface area contributed by atoms with Crippen LogP contribution in [0.3, 0.4) is 0 Å². The number of ketones is 1. The van der Waals surface area contributed by atoms with Crippen LogP contribution in [0.2, 0.25) is 5.02 Å². The van der Waals surface area contributed by atoms with E-state index >= 15 is 0 Å². The molecule has 2 rings (SSSR count). The highest BCUT2D eigenvalue weighted by molar-refractivity contribution is 9.10. The predicted molar refractivity (Wildman–Crippen MR) is 92.7 cm³/mol. The standard InChI is InChI=1S/C18H18BrClO/c1-9-10(2)12(4)17(13(5)11(9)3)18(21)14-6-7-15(19)16(20)8-14/h6-8H,1-5H3. The van der Waals surface area contributed by atoms with Gasteiger partial charge in [-0.1, -0.05) is 11.6 Å². The Labute approximate surface area is 139 Å². The Morgan fingerprint density at radius 3 is 1.86 bits per heavy atom. The number of carbonyl (C=O) groups is 1. The summed E-state index contributed by atoms with van der Waals surface area (Å²) >= 11 is 9.47. The van der Waals surface area contributed by atoms with Gasteiger partial charge in [-0.05, 0) is 96.6 Å². The molecular formula is C18H18BrClO. The van der Waals surface area contributed by atoms with Gasteiger partial charge in [-0.25, -0.2) is 0 Å². The van der Waals surface area contributed by atoms with Gasteiger partial charge >= 0.3 is 0 Å². The zero-order chi connectivity index (χ0) is 15.9. The van der Waals surface area contributed by atoms with Crippen LogP contribution in [0.15, 0.2) is 22.7 Å². The molecule has 110 valence electrons. The SMILES string of the molecule is Cc1c(C)c(C)c(C(=O)c2ccc(Br)c(Cl)c2)c(C)c1C. The van der Waals surface area contributed by atoms with Crippen LogP contribution in [0, 0.1) is 34.6 Å². The summed E-state index contributed by atoms with van der Waals surface area (Å²) in [6, 6.07) is 5.34. The van der Waals surface area contributed by atoms with E-state index in [2.05, 4.69) is 36.7 Å².